The molecule has 0 bridgehead atoms. The molecule has 26 heavy (non-hydrogen) atoms. The van der Waals surface area contributed by atoms with E-state index < -0.39 is 4.92 Å². The van der Waals surface area contributed by atoms with Crippen LogP contribution in [0.2, 0.25) is 0 Å². The Bertz CT molecular complexity index is 797. The van der Waals surface area contributed by atoms with E-state index in [2.05, 4.69) is 12.1 Å². The van der Waals surface area contributed by atoms with Gasteiger partial charge in [-0.05, 0) is 12.1 Å². The molecule has 3 rings (SSSR count). The van der Waals surface area contributed by atoms with Gasteiger partial charge in [-0.25, -0.2) is 0 Å². The fourth-order valence-corrected chi connectivity index (χ4v) is 3.17. The van der Waals surface area contributed by atoms with Crippen LogP contribution in [0, 0.1) is 10.1 Å². The molecule has 0 unspecified atom stereocenters. The molecular formula is C20H22N3O3+. The van der Waals surface area contributed by atoms with Crippen molar-refractivity contribution in [2.45, 2.75) is 6.54 Å². The van der Waals surface area contributed by atoms with Gasteiger partial charge in [-0.1, -0.05) is 42.5 Å². The first-order valence-corrected chi connectivity index (χ1v) is 8.71. The molecule has 2 aromatic carbocycles. The van der Waals surface area contributed by atoms with Gasteiger partial charge in [-0.2, -0.15) is 0 Å². The molecule has 6 nitrogen and oxygen atoms in total. The third-order valence-electron chi connectivity index (χ3n) is 4.62. The monoisotopic (exact) mass is 352 g/mol. The van der Waals surface area contributed by atoms with E-state index in [1.165, 1.54) is 28.7 Å². The lowest BCUT2D eigenvalue weighted by molar-refractivity contribution is -0.917. The molecule has 0 spiro atoms. The molecule has 6 heteroatoms. The van der Waals surface area contributed by atoms with Crippen LogP contribution >= 0.6 is 0 Å². The summed E-state index contributed by atoms with van der Waals surface area (Å²) in [6.45, 7) is 4.17. The Labute approximate surface area is 152 Å². The van der Waals surface area contributed by atoms with Crippen molar-refractivity contribution >= 4 is 17.7 Å². The average Bonchev–Trinajstić information content (AvgIpc) is 2.67. The largest absolute Gasteiger partial charge is 0.328 e. The lowest BCUT2D eigenvalue weighted by Crippen LogP contribution is -3.13. The number of nitro benzene ring substituents is 1. The lowest BCUT2D eigenvalue weighted by Gasteiger charge is -2.31. The van der Waals surface area contributed by atoms with E-state index in [4.69, 9.17) is 0 Å². The third-order valence-corrected chi connectivity index (χ3v) is 4.62. The predicted octanol–water partition coefficient (Wildman–Crippen LogP) is 1.54. The van der Waals surface area contributed by atoms with Gasteiger partial charge in [0.15, 0.2) is 0 Å². The van der Waals surface area contributed by atoms with Crippen LogP contribution in [-0.2, 0) is 11.3 Å². The highest BCUT2D eigenvalue weighted by Crippen LogP contribution is 2.19. The van der Waals surface area contributed by atoms with Gasteiger partial charge in [-0.15, -0.1) is 0 Å². The minimum Gasteiger partial charge on any atom is -0.328 e. The van der Waals surface area contributed by atoms with Crippen molar-refractivity contribution in [2.75, 3.05) is 26.2 Å². The molecule has 0 aromatic heterocycles. The summed E-state index contributed by atoms with van der Waals surface area (Å²) in [6.07, 6.45) is 2.97. The van der Waals surface area contributed by atoms with Crippen LogP contribution in [0.1, 0.15) is 11.1 Å². The fourth-order valence-electron chi connectivity index (χ4n) is 3.17. The van der Waals surface area contributed by atoms with Crippen molar-refractivity contribution in [3.8, 4) is 0 Å². The van der Waals surface area contributed by atoms with Crippen LogP contribution in [0.25, 0.3) is 6.08 Å². The minimum atomic E-state index is -0.435. The van der Waals surface area contributed by atoms with E-state index in [1.54, 1.807) is 23.1 Å². The molecule has 134 valence electrons. The van der Waals surface area contributed by atoms with Crippen molar-refractivity contribution in [2.24, 2.45) is 0 Å². The van der Waals surface area contributed by atoms with Gasteiger partial charge in [0, 0.05) is 17.7 Å². The van der Waals surface area contributed by atoms with E-state index in [9.17, 15) is 14.9 Å². The van der Waals surface area contributed by atoms with Gasteiger partial charge in [0.2, 0.25) is 5.91 Å². The van der Waals surface area contributed by atoms with Crippen LogP contribution in [0.5, 0.6) is 0 Å². The molecule has 0 atom stereocenters. The van der Waals surface area contributed by atoms with Crippen LogP contribution in [0.4, 0.5) is 5.69 Å². The first-order chi connectivity index (χ1) is 12.6. The SMILES string of the molecule is O=C(C=Cc1ccccc1[N+](=O)[O-])N1CC[NH+](Cc2ccccc2)CC1. The Morgan fingerprint density at radius 1 is 1.08 bits per heavy atom. The van der Waals surface area contributed by atoms with Gasteiger partial charge < -0.3 is 9.80 Å². The predicted molar refractivity (Wildman–Crippen MR) is 99.6 cm³/mol. The van der Waals surface area contributed by atoms with Crippen molar-refractivity contribution in [1.82, 2.24) is 4.90 Å². The van der Waals surface area contributed by atoms with Crippen molar-refractivity contribution in [3.63, 3.8) is 0 Å². The van der Waals surface area contributed by atoms with Gasteiger partial charge >= 0.3 is 0 Å². The average molecular weight is 352 g/mol. The highest BCUT2D eigenvalue weighted by molar-refractivity contribution is 5.92. The topological polar surface area (TPSA) is 67.9 Å². The first kappa shape index (κ1) is 17.8. The summed E-state index contributed by atoms with van der Waals surface area (Å²) in [5.74, 6) is -0.0955. The molecule has 0 aliphatic carbocycles. The van der Waals surface area contributed by atoms with E-state index >= 15 is 0 Å². The molecule has 2 aromatic rings. The maximum Gasteiger partial charge on any atom is 0.276 e. The second-order valence-electron chi connectivity index (χ2n) is 6.39. The first-order valence-electron chi connectivity index (χ1n) is 8.71. The van der Waals surface area contributed by atoms with Crippen molar-refractivity contribution < 1.29 is 14.6 Å². The number of rotatable bonds is 5. The number of nitrogens with zero attached hydrogens (tertiary/aromatic N) is 2. The second-order valence-corrected chi connectivity index (χ2v) is 6.39. The Morgan fingerprint density at radius 2 is 1.73 bits per heavy atom. The van der Waals surface area contributed by atoms with E-state index in [0.717, 1.165) is 19.6 Å². The number of benzene rings is 2. The number of para-hydroxylation sites is 1. The molecule has 1 heterocycles. The zero-order valence-corrected chi connectivity index (χ0v) is 14.5. The number of quaternary nitrogens is 1. The van der Waals surface area contributed by atoms with Crippen molar-refractivity contribution in [3.05, 3.63) is 81.9 Å². The smallest absolute Gasteiger partial charge is 0.276 e. The zero-order valence-electron chi connectivity index (χ0n) is 14.5. The Balaban J connectivity index is 1.55. The number of carbonyl (C=O) groups is 1. The molecule has 0 saturated carbocycles. The summed E-state index contributed by atoms with van der Waals surface area (Å²) in [5.41, 5.74) is 1.76. The van der Waals surface area contributed by atoms with Crippen LogP contribution in [-0.4, -0.2) is 41.9 Å². The molecular weight excluding hydrogens is 330 g/mol. The Morgan fingerprint density at radius 3 is 2.42 bits per heavy atom. The summed E-state index contributed by atoms with van der Waals surface area (Å²) in [4.78, 5) is 26.2. The second kappa shape index (κ2) is 8.40. The van der Waals surface area contributed by atoms with Crippen molar-refractivity contribution in [1.29, 1.82) is 0 Å². The van der Waals surface area contributed by atoms with Gasteiger partial charge in [0.05, 0.1) is 36.7 Å². The summed E-state index contributed by atoms with van der Waals surface area (Å²) >= 11 is 0. The number of amides is 1. The third kappa shape index (κ3) is 4.55. The van der Waals surface area contributed by atoms with Gasteiger partial charge in [0.25, 0.3) is 5.69 Å². The normalized spacial score (nSPS) is 15.3. The molecule has 1 saturated heterocycles. The fraction of sp³-hybridized carbons (Fsp3) is 0.250. The highest BCUT2D eigenvalue weighted by Gasteiger charge is 2.22. The van der Waals surface area contributed by atoms with Gasteiger partial charge in [0.1, 0.15) is 6.54 Å². The summed E-state index contributed by atoms with van der Waals surface area (Å²) in [7, 11) is 0. The molecule has 0 radical (unpaired) electrons. The number of piperazine rings is 1. The zero-order chi connectivity index (χ0) is 18.4. The minimum absolute atomic E-state index is 0.00803. The number of hydrogen-bond donors (Lipinski definition) is 1. The van der Waals surface area contributed by atoms with Crippen LogP contribution in [0.15, 0.2) is 60.7 Å². The number of hydrogen-bond acceptors (Lipinski definition) is 3. The number of carbonyl (C=O) groups excluding carboxylic acids is 1. The standard InChI is InChI=1S/C20H21N3O3/c24-20(11-10-18-8-4-5-9-19(18)23(25)26)22-14-12-21(13-15-22)16-17-6-2-1-3-7-17/h1-11H,12-16H2/p+1. The molecule has 1 aliphatic heterocycles. The number of nitro groups is 1. The van der Waals surface area contributed by atoms with E-state index in [-0.39, 0.29) is 11.6 Å². The lowest BCUT2D eigenvalue weighted by atomic mass is 10.1. The highest BCUT2D eigenvalue weighted by atomic mass is 16.6. The maximum atomic E-state index is 12.4. The molecule has 1 fully saturated rings. The van der Waals surface area contributed by atoms with E-state index in [1.807, 2.05) is 18.2 Å². The van der Waals surface area contributed by atoms with Crippen LogP contribution in [0.3, 0.4) is 0 Å². The quantitative estimate of drug-likeness (QED) is 0.504. The Kier molecular flexibility index (Phi) is 5.76. The summed E-state index contributed by atoms with van der Waals surface area (Å²) in [5, 5.41) is 11.0. The summed E-state index contributed by atoms with van der Waals surface area (Å²) in [6, 6.07) is 16.8. The van der Waals surface area contributed by atoms with Gasteiger partial charge in [-0.3, -0.25) is 14.9 Å². The molecule has 1 amide bonds. The van der Waals surface area contributed by atoms with Crippen LogP contribution < -0.4 is 4.90 Å². The molecule has 1 aliphatic rings. The van der Waals surface area contributed by atoms with E-state index in [0.29, 0.717) is 18.7 Å². The molecule has 1 N–H and O–H groups in total. The summed E-state index contributed by atoms with van der Waals surface area (Å²) < 4.78 is 0. The number of nitrogens with one attached hydrogen (secondary N) is 1. The Hall–Kier alpha value is -2.99. The maximum absolute atomic E-state index is 12.4.